The van der Waals surface area contributed by atoms with Gasteiger partial charge >= 0.3 is 39.5 Å². The summed E-state index contributed by atoms with van der Waals surface area (Å²) in [5.41, 5.74) is 0. The van der Waals surface area contributed by atoms with Crippen LogP contribution in [-0.2, 0) is 65.4 Å². The van der Waals surface area contributed by atoms with E-state index in [1.54, 1.807) is 0 Å². The van der Waals surface area contributed by atoms with E-state index in [9.17, 15) is 43.2 Å². The highest BCUT2D eigenvalue weighted by Gasteiger charge is 2.30. The molecule has 0 aromatic carbocycles. The van der Waals surface area contributed by atoms with E-state index < -0.39 is 97.5 Å². The number of esters is 4. The number of unbranched alkanes of at least 4 members (excludes halogenated alkanes) is 50. The predicted molar refractivity (Wildman–Crippen MR) is 409 cm³/mol. The van der Waals surface area contributed by atoms with Crippen molar-refractivity contribution < 1.29 is 80.2 Å². The first-order valence-electron chi connectivity index (χ1n) is 42.0. The van der Waals surface area contributed by atoms with Crippen LogP contribution in [0.5, 0.6) is 0 Å². The zero-order chi connectivity index (χ0) is 73.5. The van der Waals surface area contributed by atoms with Gasteiger partial charge in [-0.2, -0.15) is 0 Å². The lowest BCUT2D eigenvalue weighted by molar-refractivity contribution is -0.161. The maximum Gasteiger partial charge on any atom is 0.472 e. The molecule has 0 radical (unpaired) electrons. The predicted octanol–water partition coefficient (Wildman–Crippen LogP) is 24.3. The van der Waals surface area contributed by atoms with Gasteiger partial charge in [-0.25, -0.2) is 9.13 Å². The van der Waals surface area contributed by atoms with Crippen LogP contribution >= 0.6 is 15.6 Å². The third kappa shape index (κ3) is 74.3. The van der Waals surface area contributed by atoms with Crippen molar-refractivity contribution in [3.8, 4) is 0 Å². The highest BCUT2D eigenvalue weighted by atomic mass is 31.2. The molecule has 594 valence electrons. The van der Waals surface area contributed by atoms with E-state index in [1.807, 2.05) is 0 Å². The monoisotopic (exact) mass is 1470 g/mol. The number of hydrogen-bond acceptors (Lipinski definition) is 15. The summed E-state index contributed by atoms with van der Waals surface area (Å²) in [6.07, 6.45) is 63.0. The van der Waals surface area contributed by atoms with Gasteiger partial charge in [0.1, 0.15) is 19.3 Å². The first-order valence-corrected chi connectivity index (χ1v) is 45.0. The van der Waals surface area contributed by atoms with Crippen LogP contribution in [0, 0.1) is 11.8 Å². The summed E-state index contributed by atoms with van der Waals surface area (Å²) in [5, 5.41) is 10.6. The lowest BCUT2D eigenvalue weighted by atomic mass is 10.0. The van der Waals surface area contributed by atoms with Gasteiger partial charge in [-0.05, 0) is 37.5 Å². The average Bonchev–Trinajstić information content (AvgIpc) is 0.937. The van der Waals surface area contributed by atoms with Crippen molar-refractivity contribution in [1.29, 1.82) is 0 Å². The molecular weight excluding hydrogens is 1310 g/mol. The number of phosphoric acid groups is 2. The van der Waals surface area contributed by atoms with Gasteiger partial charge in [0.05, 0.1) is 26.4 Å². The number of ether oxygens (including phenoxy) is 4. The molecule has 0 rings (SSSR count). The molecule has 0 spiro atoms. The van der Waals surface area contributed by atoms with Crippen LogP contribution in [0.25, 0.3) is 0 Å². The zero-order valence-electron chi connectivity index (χ0n) is 65.5. The highest BCUT2D eigenvalue weighted by Crippen LogP contribution is 2.45. The van der Waals surface area contributed by atoms with Crippen molar-refractivity contribution in [2.75, 3.05) is 39.6 Å². The quantitative estimate of drug-likeness (QED) is 0.0222. The van der Waals surface area contributed by atoms with Crippen molar-refractivity contribution >= 4 is 39.5 Å². The van der Waals surface area contributed by atoms with E-state index in [1.165, 1.54) is 238 Å². The molecule has 100 heavy (non-hydrogen) atoms. The van der Waals surface area contributed by atoms with E-state index in [4.69, 9.17) is 37.0 Å². The van der Waals surface area contributed by atoms with Crippen LogP contribution in [0.15, 0.2) is 0 Å². The summed E-state index contributed by atoms with van der Waals surface area (Å²) in [6.45, 7) is 9.57. The lowest BCUT2D eigenvalue weighted by Crippen LogP contribution is -2.30. The Morgan fingerprint density at radius 2 is 0.460 bits per heavy atom. The van der Waals surface area contributed by atoms with Gasteiger partial charge in [-0.15, -0.1) is 0 Å². The summed E-state index contributed by atoms with van der Waals surface area (Å²) >= 11 is 0. The molecule has 0 saturated heterocycles. The van der Waals surface area contributed by atoms with Crippen molar-refractivity contribution in [3.63, 3.8) is 0 Å². The summed E-state index contributed by atoms with van der Waals surface area (Å²) in [5.74, 6) is -0.538. The maximum atomic E-state index is 13.1. The van der Waals surface area contributed by atoms with Crippen LogP contribution in [0.1, 0.15) is 427 Å². The molecule has 2 unspecified atom stereocenters. The van der Waals surface area contributed by atoms with Crippen molar-refractivity contribution in [2.24, 2.45) is 11.8 Å². The molecule has 0 aliphatic heterocycles. The van der Waals surface area contributed by atoms with Gasteiger partial charge in [0, 0.05) is 25.7 Å². The van der Waals surface area contributed by atoms with E-state index in [0.29, 0.717) is 25.7 Å². The molecule has 0 heterocycles. The molecule has 0 saturated carbocycles. The fraction of sp³-hybridized carbons (Fsp3) is 0.951. The van der Waals surface area contributed by atoms with E-state index in [-0.39, 0.29) is 25.7 Å². The number of aliphatic hydroxyl groups is 1. The Balaban J connectivity index is 5.11. The van der Waals surface area contributed by atoms with E-state index in [0.717, 1.165) is 108 Å². The van der Waals surface area contributed by atoms with E-state index in [2.05, 4.69) is 41.5 Å². The van der Waals surface area contributed by atoms with Gasteiger partial charge < -0.3 is 33.8 Å². The number of aliphatic hydroxyl groups excluding tert-OH is 1. The lowest BCUT2D eigenvalue weighted by Gasteiger charge is -2.21. The largest absolute Gasteiger partial charge is 0.472 e. The smallest absolute Gasteiger partial charge is 0.462 e. The molecule has 0 aromatic heterocycles. The molecule has 0 bridgehead atoms. The molecule has 5 atom stereocenters. The first-order chi connectivity index (χ1) is 48.4. The first kappa shape index (κ1) is 98.1. The topological polar surface area (TPSA) is 237 Å². The van der Waals surface area contributed by atoms with Crippen LogP contribution in [-0.4, -0.2) is 96.7 Å². The van der Waals surface area contributed by atoms with Crippen LogP contribution in [0.4, 0.5) is 0 Å². The molecule has 17 nitrogen and oxygen atoms in total. The van der Waals surface area contributed by atoms with Crippen molar-refractivity contribution in [1.82, 2.24) is 0 Å². The highest BCUT2D eigenvalue weighted by molar-refractivity contribution is 7.47. The summed E-state index contributed by atoms with van der Waals surface area (Å²) < 4.78 is 68.5. The molecule has 0 aliphatic carbocycles. The van der Waals surface area contributed by atoms with Crippen molar-refractivity contribution in [2.45, 2.75) is 445 Å². The van der Waals surface area contributed by atoms with Gasteiger partial charge in [0.2, 0.25) is 0 Å². The second-order valence-corrected chi connectivity index (χ2v) is 33.0. The minimum Gasteiger partial charge on any atom is -0.462 e. The van der Waals surface area contributed by atoms with Gasteiger partial charge in [0.15, 0.2) is 12.2 Å². The van der Waals surface area contributed by atoms with Crippen LogP contribution in [0.3, 0.4) is 0 Å². The standard InChI is InChI=1S/C81H158O17P2/c1-7-9-11-13-14-15-16-17-18-19-20-21-22-23-24-27-31-37-42-47-53-59-66-81(86)98-77(70-92-79(84)64-58-52-46-41-36-30-28-25-26-29-34-39-44-50-55-61-73(3)4)72-96-100(89,90)94-68-75(82)67-93-99(87,88)95-71-76(69-91-78(83)63-57-49-12-10-8-2)97-80(85)65-60-54-48-43-38-33-32-35-40-45-51-56-62-74(5)6/h73-77,82H,7-72H2,1-6H3,(H,87,88)(H,89,90)/t75-,76+,77+/m0/s1. The van der Waals surface area contributed by atoms with Gasteiger partial charge in [-0.1, -0.05) is 375 Å². The minimum absolute atomic E-state index is 0.106. The molecular formula is C81H158O17P2. The third-order valence-electron chi connectivity index (χ3n) is 19.0. The average molecular weight is 1470 g/mol. The summed E-state index contributed by atoms with van der Waals surface area (Å²) in [4.78, 5) is 72.7. The van der Waals surface area contributed by atoms with Crippen LogP contribution in [0.2, 0.25) is 0 Å². The Morgan fingerprint density at radius 3 is 0.680 bits per heavy atom. The zero-order valence-corrected chi connectivity index (χ0v) is 67.3. The van der Waals surface area contributed by atoms with Crippen LogP contribution < -0.4 is 0 Å². The summed E-state index contributed by atoms with van der Waals surface area (Å²) in [6, 6.07) is 0. The van der Waals surface area contributed by atoms with Crippen molar-refractivity contribution in [3.05, 3.63) is 0 Å². The summed E-state index contributed by atoms with van der Waals surface area (Å²) in [7, 11) is -9.91. The SMILES string of the molecule is CCCCCCCCCCCCCCCCCCCCCCCCC(=O)O[C@H](COC(=O)CCCCCCCCCCCCCCCCCC(C)C)COP(=O)(O)OC[C@@H](O)COP(=O)(O)OC[C@@H](COC(=O)CCCCCCC)OC(=O)CCCCCCCCCCCCCCC(C)C. The molecule has 0 aromatic rings. The molecule has 19 heteroatoms. The third-order valence-corrected chi connectivity index (χ3v) is 20.9. The molecule has 0 aliphatic rings. The Kier molecular flexibility index (Phi) is 71.2. The number of carbonyl (C=O) groups is 4. The number of hydrogen-bond donors (Lipinski definition) is 3. The molecule has 0 amide bonds. The normalized spacial score (nSPS) is 13.9. The Morgan fingerprint density at radius 1 is 0.270 bits per heavy atom. The molecule has 0 fully saturated rings. The maximum absolute atomic E-state index is 13.1. The number of phosphoric ester groups is 2. The minimum atomic E-state index is -4.96. The Bertz CT molecular complexity index is 1920. The Labute approximate surface area is 613 Å². The number of carbonyl (C=O) groups excluding carboxylic acids is 4. The number of rotatable bonds is 80. The second-order valence-electron chi connectivity index (χ2n) is 30.1. The fourth-order valence-electron chi connectivity index (χ4n) is 12.5. The van der Waals surface area contributed by atoms with Gasteiger partial charge in [0.25, 0.3) is 0 Å². The second kappa shape index (κ2) is 72.6. The van der Waals surface area contributed by atoms with E-state index >= 15 is 0 Å². The van der Waals surface area contributed by atoms with Gasteiger partial charge in [-0.3, -0.25) is 37.3 Å². The molecule has 3 N–H and O–H groups in total. The fourth-order valence-corrected chi connectivity index (χ4v) is 14.1. The Hall–Kier alpha value is -1.94.